The third kappa shape index (κ3) is 8.95. The molecule has 0 radical (unpaired) electrons. The van der Waals surface area contributed by atoms with Crippen LogP contribution in [-0.2, 0) is 38.0 Å². The summed E-state index contributed by atoms with van der Waals surface area (Å²) in [7, 11) is 3.16. The van der Waals surface area contributed by atoms with Crippen LogP contribution in [-0.4, -0.2) is 138 Å². The second-order valence-corrected chi connectivity index (χ2v) is 17.3. The molecule has 4 aliphatic carbocycles. The average molecular weight is 790 g/mol. The minimum Gasteiger partial charge on any atom is -0.447 e. The van der Waals surface area contributed by atoms with Crippen molar-refractivity contribution in [1.82, 2.24) is 15.5 Å². The van der Waals surface area contributed by atoms with Crippen molar-refractivity contribution >= 4 is 18.1 Å². The van der Waals surface area contributed by atoms with Crippen molar-refractivity contribution in [1.29, 1.82) is 0 Å². The number of hydrogen-bond acceptors (Lipinski definition) is 11. The van der Waals surface area contributed by atoms with Gasteiger partial charge in [0, 0.05) is 26.7 Å². The maximum Gasteiger partial charge on any atom is 0.407 e. The zero-order chi connectivity index (χ0) is 40.0. The van der Waals surface area contributed by atoms with Gasteiger partial charge in [0.25, 0.3) is 0 Å². The van der Waals surface area contributed by atoms with Crippen molar-refractivity contribution in [2.45, 2.75) is 109 Å². The lowest BCUT2D eigenvalue weighted by atomic mass is 9.56. The van der Waals surface area contributed by atoms with Gasteiger partial charge in [0.1, 0.15) is 19.3 Å². The molecule has 1 unspecified atom stereocenters. The minimum absolute atomic E-state index is 0.0109. The van der Waals surface area contributed by atoms with E-state index in [9.17, 15) is 19.5 Å². The molecule has 1 spiro atoms. The Morgan fingerprint density at radius 3 is 2.32 bits per heavy atom. The Labute approximate surface area is 332 Å². The molecule has 2 aliphatic heterocycles. The van der Waals surface area contributed by atoms with Gasteiger partial charge >= 0.3 is 12.2 Å². The van der Waals surface area contributed by atoms with Crippen LogP contribution < -0.4 is 10.6 Å². The molecule has 14 nitrogen and oxygen atoms in total. The number of rotatable bonds is 16. The largest absolute Gasteiger partial charge is 0.447 e. The normalized spacial score (nSPS) is 35.2. The van der Waals surface area contributed by atoms with Crippen molar-refractivity contribution in [3.8, 4) is 0 Å². The van der Waals surface area contributed by atoms with Gasteiger partial charge in [0.05, 0.1) is 70.0 Å². The molecular formula is C42H67N3O11. The summed E-state index contributed by atoms with van der Waals surface area (Å²) in [5, 5.41) is 15.9. The van der Waals surface area contributed by atoms with Gasteiger partial charge in [-0.15, -0.1) is 0 Å². The third-order valence-electron chi connectivity index (χ3n) is 14.1. The van der Waals surface area contributed by atoms with Crippen LogP contribution in [0.15, 0.2) is 22.8 Å². The van der Waals surface area contributed by atoms with E-state index < -0.39 is 23.8 Å². The number of hydrogen-bond donors (Lipinski definition) is 3. The Bertz CT molecular complexity index is 1460. The molecule has 2 heterocycles. The van der Waals surface area contributed by atoms with Gasteiger partial charge in [-0.25, -0.2) is 9.59 Å². The molecule has 11 atom stereocenters. The molecule has 0 bridgehead atoms. The Hall–Kier alpha value is -2.75. The summed E-state index contributed by atoms with van der Waals surface area (Å²) in [6.07, 6.45) is 8.25. The first-order chi connectivity index (χ1) is 26.9. The first-order valence-electron chi connectivity index (χ1n) is 21.0. The number of alkyl carbamates (subject to hydrolysis) is 2. The SMILES string of the molecule is COCCOCCOC(=O)NCC(NC(=O)OCCOCCOC)C(=O)N1C[C@@H](C)C[C@H]2O[C@]3(CC[C@@H]4C(=C3C)C[C@H]3[C@H]4CC=C4C[C@@H](O)CC[C@@]43C)[C@H](C)[C@@H]21. The predicted molar refractivity (Wildman–Crippen MR) is 207 cm³/mol. The summed E-state index contributed by atoms with van der Waals surface area (Å²) in [4.78, 5) is 42.3. The molecule has 3 amide bonds. The Kier molecular flexibility index (Phi) is 14.4. The number of amides is 3. The van der Waals surface area contributed by atoms with Crippen LogP contribution in [0.2, 0.25) is 0 Å². The summed E-state index contributed by atoms with van der Waals surface area (Å²) < 4.78 is 38.6. The molecule has 2 saturated carbocycles. The lowest BCUT2D eigenvalue weighted by Gasteiger charge is -2.49. The standard InChI is InChI=1S/C42H67N3O11/c1-26-21-36-37(28(3)42(56-36)12-10-31-32-8-7-29-22-30(46)9-11-41(29,4)34(32)23-33(31)27(42)2)45(25-26)38(47)35(44-40(49)55-20-18-53-16-14-51-6)24-43-39(48)54-19-17-52-15-13-50-5/h7,26,28,30-32,34-37,46H,8-25H2,1-6H3,(H,43,48)(H,44,49)/t26-,28+,30-,31-,32-,34-,35?,36+,37-,41-,42-/m0/s1. The van der Waals surface area contributed by atoms with Crippen LogP contribution in [0.5, 0.6) is 0 Å². The van der Waals surface area contributed by atoms with E-state index in [0.29, 0.717) is 50.7 Å². The summed E-state index contributed by atoms with van der Waals surface area (Å²) >= 11 is 0. The van der Waals surface area contributed by atoms with Crippen LogP contribution in [0.1, 0.15) is 79.1 Å². The summed E-state index contributed by atoms with van der Waals surface area (Å²) in [5.74, 6) is 1.61. The summed E-state index contributed by atoms with van der Waals surface area (Å²) in [5.41, 5.74) is 4.03. The minimum atomic E-state index is -1.11. The van der Waals surface area contributed by atoms with E-state index in [1.54, 1.807) is 19.8 Å². The van der Waals surface area contributed by atoms with Gasteiger partial charge < -0.3 is 53.8 Å². The number of piperidine rings is 1. The number of likely N-dealkylation sites (tertiary alicyclic amines) is 1. The van der Waals surface area contributed by atoms with Gasteiger partial charge in [-0.1, -0.05) is 38.0 Å². The predicted octanol–water partition coefficient (Wildman–Crippen LogP) is 4.39. The third-order valence-corrected chi connectivity index (χ3v) is 14.1. The first kappa shape index (κ1) is 42.8. The number of fused-ring (bicyclic) bond motifs is 6. The highest BCUT2D eigenvalue weighted by Gasteiger charge is 2.62. The summed E-state index contributed by atoms with van der Waals surface area (Å²) in [6, 6.07) is -1.31. The number of carbonyl (C=O) groups excluding carboxylic acids is 3. The fourth-order valence-corrected chi connectivity index (χ4v) is 11.3. The fourth-order valence-electron chi connectivity index (χ4n) is 11.3. The number of allylic oxidation sites excluding steroid dienone is 2. The highest BCUT2D eigenvalue weighted by atomic mass is 16.6. The second-order valence-electron chi connectivity index (χ2n) is 17.3. The van der Waals surface area contributed by atoms with E-state index >= 15 is 0 Å². The van der Waals surface area contributed by atoms with Gasteiger partial charge in [0.2, 0.25) is 5.91 Å². The Balaban J connectivity index is 1.17. The van der Waals surface area contributed by atoms with Crippen molar-refractivity contribution in [3.05, 3.63) is 22.8 Å². The topological polar surface area (TPSA) is 163 Å². The van der Waals surface area contributed by atoms with Gasteiger partial charge in [-0.3, -0.25) is 4.79 Å². The lowest BCUT2D eigenvalue weighted by Crippen LogP contribution is -2.61. The van der Waals surface area contributed by atoms with Crippen LogP contribution in [0, 0.1) is 35.0 Å². The Morgan fingerprint density at radius 1 is 0.946 bits per heavy atom. The number of methoxy groups -OCH3 is 2. The molecule has 56 heavy (non-hydrogen) atoms. The van der Waals surface area contributed by atoms with Crippen molar-refractivity contribution in [2.24, 2.45) is 35.0 Å². The highest BCUT2D eigenvalue weighted by molar-refractivity contribution is 5.87. The molecule has 0 aromatic rings. The van der Waals surface area contributed by atoms with Crippen molar-refractivity contribution in [2.75, 3.05) is 80.2 Å². The molecule has 14 heteroatoms. The lowest BCUT2D eigenvalue weighted by molar-refractivity contribution is -0.141. The molecule has 6 rings (SSSR count). The molecule has 0 aromatic carbocycles. The van der Waals surface area contributed by atoms with Gasteiger partial charge in [-0.05, 0) is 93.0 Å². The molecule has 3 N–H and O–H groups in total. The van der Waals surface area contributed by atoms with Crippen LogP contribution >= 0.6 is 0 Å². The van der Waals surface area contributed by atoms with Gasteiger partial charge in [-0.2, -0.15) is 0 Å². The number of aliphatic hydroxyl groups is 1. The van der Waals surface area contributed by atoms with E-state index in [-0.39, 0.29) is 74.4 Å². The Morgan fingerprint density at radius 2 is 1.62 bits per heavy atom. The number of nitrogens with one attached hydrogen (secondary N) is 2. The van der Waals surface area contributed by atoms with E-state index in [4.69, 9.17) is 33.2 Å². The molecule has 2 saturated heterocycles. The first-order valence-corrected chi connectivity index (χ1v) is 21.0. The van der Waals surface area contributed by atoms with E-state index in [1.807, 2.05) is 4.90 Å². The van der Waals surface area contributed by atoms with Crippen LogP contribution in [0.3, 0.4) is 0 Å². The summed E-state index contributed by atoms with van der Waals surface area (Å²) in [6.45, 7) is 11.4. The number of ether oxygens (including phenoxy) is 7. The second kappa shape index (κ2) is 18.9. The van der Waals surface area contributed by atoms with Crippen LogP contribution in [0.25, 0.3) is 0 Å². The number of nitrogens with zero attached hydrogens (tertiary/aromatic N) is 1. The van der Waals surface area contributed by atoms with Gasteiger partial charge in [0.15, 0.2) is 0 Å². The smallest absolute Gasteiger partial charge is 0.407 e. The monoisotopic (exact) mass is 789 g/mol. The van der Waals surface area contributed by atoms with Crippen molar-refractivity contribution in [3.63, 3.8) is 0 Å². The number of carbonyl (C=O) groups is 3. The molecular weight excluding hydrogens is 722 g/mol. The van der Waals surface area contributed by atoms with E-state index in [2.05, 4.69) is 44.4 Å². The molecule has 6 aliphatic rings. The maximum absolute atomic E-state index is 14.7. The number of aliphatic hydroxyl groups excluding tert-OH is 1. The maximum atomic E-state index is 14.7. The van der Waals surface area contributed by atoms with Crippen LogP contribution in [0.4, 0.5) is 9.59 Å². The van der Waals surface area contributed by atoms with E-state index in [0.717, 1.165) is 51.4 Å². The molecule has 0 aromatic heterocycles. The zero-order valence-electron chi connectivity index (χ0n) is 34.5. The van der Waals surface area contributed by atoms with Crippen molar-refractivity contribution < 1.29 is 52.6 Å². The fraction of sp³-hybridized carbons (Fsp3) is 0.833. The molecule has 4 fully saturated rings. The molecule has 316 valence electrons. The highest BCUT2D eigenvalue weighted by Crippen LogP contribution is 2.65. The zero-order valence-corrected chi connectivity index (χ0v) is 34.5. The average Bonchev–Trinajstić information content (AvgIpc) is 3.70. The van der Waals surface area contributed by atoms with E-state index in [1.165, 1.54) is 11.1 Å². The quantitative estimate of drug-likeness (QED) is 0.150.